The minimum Gasteiger partial charge on any atom is -0.481 e. The Hall–Kier alpha value is -9.96. The quantitative estimate of drug-likeness (QED) is 0.0106. The zero-order valence-electron chi connectivity index (χ0n) is 50.3. The fourth-order valence-corrected chi connectivity index (χ4v) is 10.1. The molecular formula is C69H60Cl4F4N8O8. The lowest BCUT2D eigenvalue weighted by Crippen LogP contribution is -2.46. The third kappa shape index (κ3) is 19.3. The summed E-state index contributed by atoms with van der Waals surface area (Å²) in [6, 6.07) is 45.5. The van der Waals surface area contributed by atoms with Gasteiger partial charge in [0.15, 0.2) is 0 Å². The first-order valence-electron chi connectivity index (χ1n) is 28.1. The molecule has 0 bridgehead atoms. The molecule has 93 heavy (non-hydrogen) atoms. The number of ether oxygens (including phenoxy) is 1. The average molecular weight is 1350 g/mol. The molecule has 1 aliphatic heterocycles. The Morgan fingerprint density at radius 1 is 0.441 bits per heavy atom. The summed E-state index contributed by atoms with van der Waals surface area (Å²) in [5.74, 6) is -0.202. The Kier molecular flexibility index (Phi) is 24.9. The molecule has 10 rings (SSSR count). The van der Waals surface area contributed by atoms with Crippen molar-refractivity contribution in [3.63, 3.8) is 0 Å². The number of hydrogen-bond acceptors (Lipinski definition) is 12. The highest BCUT2D eigenvalue weighted by Gasteiger charge is 2.36. The molecule has 0 atom stereocenters. The molecule has 1 heterocycles. The Morgan fingerprint density at radius 2 is 0.742 bits per heavy atom. The number of benzene rings is 9. The van der Waals surface area contributed by atoms with Gasteiger partial charge < -0.3 is 31.1 Å². The van der Waals surface area contributed by atoms with Crippen molar-refractivity contribution in [3.05, 3.63) is 269 Å². The van der Waals surface area contributed by atoms with E-state index in [2.05, 4.69) is 36.9 Å². The van der Waals surface area contributed by atoms with Crippen LogP contribution in [0.2, 0.25) is 20.1 Å². The SMILES string of the molecule is COC(=O)Cc1cc(C)ccc1Nc1c(F)cccc1Cl.Cc1ccc(Nc2c(F)cccc2Cl)c(CC(=O)NN)c1.Cc1ccc(Nc2c(F)cccc2Cl)c(CC(=O)NN2C(=O)c3ccccc3C2=O)c1.Cc1ccc(Nc2c(F)cccc2Cl)c(CC(=O)O)c1. The fraction of sp³-hybridized carbons (Fsp3) is 0.130. The standard InChI is InChI=1S/C23H17ClFN3O3.C16H15ClFNO2.C15H15ClFN3O.C15H13ClFNO2/c1-13-9-10-19(26-21-17(24)7-4-8-18(21)25)14(11-13)12-20(29)27-28-22(30)15-5-2-3-6-16(15)23(28)31;1-10-6-7-14(11(8-10)9-15(20)21-2)19-16-12(17)4-3-5-13(16)18;1-9-5-6-13(10(7-9)8-14(21)20-18)19-15-11(16)3-2-4-12(15)17;1-9-5-6-13(10(7-9)8-14(19)20)18-15-11(16)3-2-4-12(15)17/h2-11,26H,12H2,1H3,(H,27,29);3-8,19H,9H2,1-2H3;2-7,19H,8,18H2,1H3,(H,20,21);2-7,18H,8H2,1H3,(H,19,20). The first-order chi connectivity index (χ1) is 44.3. The van der Waals surface area contributed by atoms with Crippen molar-refractivity contribution in [1.29, 1.82) is 0 Å². The van der Waals surface area contributed by atoms with Gasteiger partial charge >= 0.3 is 11.9 Å². The minimum atomic E-state index is -0.946. The topological polar surface area (TPSA) is 233 Å². The van der Waals surface area contributed by atoms with Crippen molar-refractivity contribution in [2.24, 2.45) is 5.84 Å². The van der Waals surface area contributed by atoms with E-state index in [4.69, 9.17) is 57.4 Å². The second-order valence-electron chi connectivity index (χ2n) is 20.8. The summed E-state index contributed by atoms with van der Waals surface area (Å²) in [5.41, 5.74) is 14.1. The van der Waals surface area contributed by atoms with Gasteiger partial charge in [0.2, 0.25) is 11.8 Å². The van der Waals surface area contributed by atoms with Crippen LogP contribution < -0.4 is 38.0 Å². The van der Waals surface area contributed by atoms with Gasteiger partial charge in [0.1, 0.15) is 23.3 Å². The smallest absolute Gasteiger partial charge is 0.310 e. The number of amides is 4. The molecule has 9 N–H and O–H groups in total. The van der Waals surface area contributed by atoms with Gasteiger partial charge in [-0.3, -0.25) is 39.6 Å². The van der Waals surface area contributed by atoms with Crippen LogP contribution in [0.1, 0.15) is 65.2 Å². The summed E-state index contributed by atoms with van der Waals surface area (Å²) in [5, 5.41) is 22.3. The maximum atomic E-state index is 14.2. The fourth-order valence-electron chi connectivity index (χ4n) is 9.21. The number of aryl methyl sites for hydroxylation is 4. The van der Waals surface area contributed by atoms with Gasteiger partial charge in [0.05, 0.1) is 86.8 Å². The monoisotopic (exact) mass is 1340 g/mol. The first-order valence-corrected chi connectivity index (χ1v) is 29.6. The lowest BCUT2D eigenvalue weighted by atomic mass is 10.1. The zero-order valence-corrected chi connectivity index (χ0v) is 53.4. The van der Waals surface area contributed by atoms with Crippen LogP contribution in [0.5, 0.6) is 0 Å². The third-order valence-corrected chi connectivity index (χ3v) is 15.0. The molecule has 0 aliphatic carbocycles. The number of para-hydroxylation sites is 4. The van der Waals surface area contributed by atoms with Crippen molar-refractivity contribution in [2.45, 2.75) is 53.4 Å². The van der Waals surface area contributed by atoms with Gasteiger partial charge in [0.25, 0.3) is 11.8 Å². The number of rotatable bonds is 17. The van der Waals surface area contributed by atoms with E-state index < -0.39 is 47.0 Å². The highest BCUT2D eigenvalue weighted by Crippen LogP contribution is 2.35. The molecule has 0 spiro atoms. The number of methoxy groups -OCH3 is 1. The van der Waals surface area contributed by atoms with Crippen molar-refractivity contribution in [3.8, 4) is 0 Å². The molecule has 0 saturated carbocycles. The number of imide groups is 1. The Morgan fingerprint density at radius 3 is 1.03 bits per heavy atom. The number of carbonyl (C=O) groups excluding carboxylic acids is 5. The number of carboxylic acid groups (broad SMARTS) is 1. The van der Waals surface area contributed by atoms with Gasteiger partial charge in [-0.15, -0.1) is 0 Å². The summed E-state index contributed by atoms with van der Waals surface area (Å²) in [7, 11) is 1.33. The largest absolute Gasteiger partial charge is 0.481 e. The lowest BCUT2D eigenvalue weighted by molar-refractivity contribution is -0.140. The van der Waals surface area contributed by atoms with Crippen molar-refractivity contribution in [2.75, 3.05) is 28.4 Å². The number of nitrogens with two attached hydrogens (primary N) is 1. The maximum absolute atomic E-state index is 14.2. The molecule has 9 aromatic carbocycles. The van der Waals surface area contributed by atoms with Gasteiger partial charge in [0, 0.05) is 22.7 Å². The number of carboxylic acids is 1. The molecule has 16 nitrogen and oxygen atoms in total. The van der Waals surface area contributed by atoms with Gasteiger partial charge in [-0.05, 0) is 135 Å². The average Bonchev–Trinajstić information content (AvgIpc) is 1.66. The number of carbonyl (C=O) groups is 6. The molecular weight excluding hydrogens is 1290 g/mol. The van der Waals surface area contributed by atoms with E-state index in [1.54, 1.807) is 72.8 Å². The van der Waals surface area contributed by atoms with E-state index in [0.717, 1.165) is 27.8 Å². The number of hydrazine groups is 2. The number of anilines is 8. The molecule has 0 saturated heterocycles. The number of esters is 1. The molecule has 480 valence electrons. The van der Waals surface area contributed by atoms with Crippen LogP contribution >= 0.6 is 46.4 Å². The molecule has 4 amide bonds. The minimum absolute atomic E-state index is 0.0899. The highest BCUT2D eigenvalue weighted by atomic mass is 35.5. The Balaban J connectivity index is 0.000000179. The van der Waals surface area contributed by atoms with E-state index in [0.29, 0.717) is 44.4 Å². The summed E-state index contributed by atoms with van der Waals surface area (Å²) >= 11 is 24.0. The lowest BCUT2D eigenvalue weighted by Gasteiger charge is -2.17. The van der Waals surface area contributed by atoms with Crippen LogP contribution in [0.3, 0.4) is 0 Å². The van der Waals surface area contributed by atoms with Crippen LogP contribution in [0.25, 0.3) is 0 Å². The highest BCUT2D eigenvalue weighted by molar-refractivity contribution is 6.34. The number of fused-ring (bicyclic) bond motifs is 1. The summed E-state index contributed by atoms with van der Waals surface area (Å²) < 4.78 is 60.3. The van der Waals surface area contributed by atoms with Crippen LogP contribution in [-0.4, -0.2) is 52.8 Å². The van der Waals surface area contributed by atoms with Gasteiger partial charge in [-0.1, -0.05) is 154 Å². The second-order valence-corrected chi connectivity index (χ2v) is 22.4. The summed E-state index contributed by atoms with van der Waals surface area (Å²) in [6.45, 7) is 7.54. The summed E-state index contributed by atoms with van der Waals surface area (Å²) in [4.78, 5) is 71.4. The predicted molar refractivity (Wildman–Crippen MR) is 355 cm³/mol. The predicted octanol–water partition coefficient (Wildman–Crippen LogP) is 15.9. The van der Waals surface area contributed by atoms with Gasteiger partial charge in [-0.2, -0.15) is 5.01 Å². The van der Waals surface area contributed by atoms with E-state index in [9.17, 15) is 46.3 Å². The van der Waals surface area contributed by atoms with E-state index >= 15 is 0 Å². The van der Waals surface area contributed by atoms with E-state index in [-0.39, 0.29) is 91.5 Å². The molecule has 0 radical (unpaired) electrons. The van der Waals surface area contributed by atoms with Crippen LogP contribution in [0.15, 0.2) is 170 Å². The molecule has 0 aromatic heterocycles. The van der Waals surface area contributed by atoms with Crippen molar-refractivity contribution < 1.29 is 56.2 Å². The molecule has 0 fully saturated rings. The molecule has 1 aliphatic rings. The first kappa shape index (κ1) is 70.5. The molecule has 9 aromatic rings. The van der Waals surface area contributed by atoms with E-state index in [1.165, 1.54) is 67.8 Å². The number of nitrogens with zero attached hydrogens (tertiary/aromatic N) is 1. The van der Waals surface area contributed by atoms with Crippen LogP contribution in [0.4, 0.5) is 63.1 Å². The number of hydrogen-bond donors (Lipinski definition) is 8. The number of halogens is 8. The third-order valence-electron chi connectivity index (χ3n) is 13.7. The Labute approximate surface area is 552 Å². The van der Waals surface area contributed by atoms with Crippen molar-refractivity contribution in [1.82, 2.24) is 15.9 Å². The maximum Gasteiger partial charge on any atom is 0.310 e. The Bertz CT molecular complexity index is 4060. The second kappa shape index (κ2) is 32.9. The summed E-state index contributed by atoms with van der Waals surface area (Å²) in [6.07, 6.45) is -0.0985. The molecule has 0 unspecified atom stereocenters. The number of aliphatic carboxylic acids is 1. The zero-order chi connectivity index (χ0) is 67.6. The van der Waals surface area contributed by atoms with Crippen molar-refractivity contribution >= 4 is 127 Å². The van der Waals surface area contributed by atoms with Crippen LogP contribution in [-0.2, 0) is 49.6 Å². The van der Waals surface area contributed by atoms with Gasteiger partial charge in [-0.25, -0.2) is 23.4 Å². The van der Waals surface area contributed by atoms with E-state index in [1.807, 2.05) is 64.1 Å². The van der Waals surface area contributed by atoms with Crippen LogP contribution in [0, 0.1) is 51.0 Å². The normalized spacial score (nSPS) is 11.1. The molecule has 24 heteroatoms. The number of nitrogens with one attached hydrogen (secondary N) is 6.